The van der Waals surface area contributed by atoms with E-state index in [1.807, 2.05) is 0 Å². The van der Waals surface area contributed by atoms with Crippen LogP contribution in [0.4, 0.5) is 0 Å². The van der Waals surface area contributed by atoms with E-state index in [2.05, 4.69) is 18.2 Å². The summed E-state index contributed by atoms with van der Waals surface area (Å²) in [6.07, 6.45) is 11.9. The van der Waals surface area contributed by atoms with E-state index in [0.717, 1.165) is 42.2 Å². The normalized spacial score (nSPS) is 15.9. The van der Waals surface area contributed by atoms with Crippen molar-refractivity contribution in [3.05, 3.63) is 23.8 Å². The summed E-state index contributed by atoms with van der Waals surface area (Å²) in [5, 5.41) is 0. The predicted molar refractivity (Wildman–Crippen MR) is 63.0 cm³/mol. The maximum absolute atomic E-state index is 10.8. The molecule has 0 aromatic carbocycles. The van der Waals surface area contributed by atoms with Crippen molar-refractivity contribution in [2.45, 2.75) is 25.7 Å². The van der Waals surface area contributed by atoms with Crippen LogP contribution in [0.2, 0.25) is 0 Å². The largest absolute Gasteiger partial charge is 0.218 e. The van der Waals surface area contributed by atoms with Crippen molar-refractivity contribution >= 4 is 19.7 Å². The maximum Gasteiger partial charge on any atom is 0.198 e. The standard InChI is InChI=1S/C10H16O2S2/c1-14(11,12)13-9-5-4-8-10-6-2-3-7-10/h2-3,6H,4-5,7-9H2,1H3. The van der Waals surface area contributed by atoms with Gasteiger partial charge in [0.1, 0.15) is 0 Å². The van der Waals surface area contributed by atoms with Gasteiger partial charge in [0.2, 0.25) is 0 Å². The Hall–Kier alpha value is -0.220. The van der Waals surface area contributed by atoms with Crippen molar-refractivity contribution in [1.82, 2.24) is 0 Å². The van der Waals surface area contributed by atoms with Crippen LogP contribution in [0.15, 0.2) is 23.8 Å². The Balaban J connectivity index is 2.00. The zero-order chi connectivity index (χ0) is 10.4. The quantitative estimate of drug-likeness (QED) is 0.521. The van der Waals surface area contributed by atoms with E-state index in [1.165, 1.54) is 11.8 Å². The van der Waals surface area contributed by atoms with E-state index in [-0.39, 0.29) is 0 Å². The Labute approximate surface area is 89.8 Å². The van der Waals surface area contributed by atoms with Gasteiger partial charge in [-0.1, -0.05) is 23.8 Å². The molecule has 0 atom stereocenters. The van der Waals surface area contributed by atoms with E-state index in [9.17, 15) is 8.42 Å². The molecule has 1 aliphatic rings. The van der Waals surface area contributed by atoms with Crippen LogP contribution in [-0.4, -0.2) is 20.4 Å². The third-order valence-electron chi connectivity index (χ3n) is 2.04. The summed E-state index contributed by atoms with van der Waals surface area (Å²) < 4.78 is 21.6. The van der Waals surface area contributed by atoms with Gasteiger partial charge in [-0.3, -0.25) is 0 Å². The fourth-order valence-corrected chi connectivity index (χ4v) is 3.23. The first-order valence-electron chi connectivity index (χ1n) is 4.77. The fourth-order valence-electron chi connectivity index (χ4n) is 1.34. The van der Waals surface area contributed by atoms with Crippen LogP contribution in [-0.2, 0) is 8.87 Å². The topological polar surface area (TPSA) is 34.1 Å². The fraction of sp³-hybridized carbons (Fsp3) is 0.600. The molecule has 0 saturated heterocycles. The number of allylic oxidation sites excluding steroid dienone is 4. The van der Waals surface area contributed by atoms with Gasteiger partial charge in [-0.2, -0.15) is 0 Å². The summed E-state index contributed by atoms with van der Waals surface area (Å²) in [5.41, 5.74) is 1.47. The minimum Gasteiger partial charge on any atom is -0.218 e. The molecule has 0 bridgehead atoms. The van der Waals surface area contributed by atoms with Gasteiger partial charge in [-0.15, -0.1) is 0 Å². The molecule has 1 rings (SSSR count). The molecule has 0 aromatic rings. The molecule has 0 aliphatic heterocycles. The monoisotopic (exact) mass is 232 g/mol. The molecule has 0 amide bonds. The predicted octanol–water partition coefficient (Wildman–Crippen LogP) is 2.74. The Kier molecular flexibility index (Phi) is 4.75. The summed E-state index contributed by atoms with van der Waals surface area (Å²) in [6.45, 7) is 0. The lowest BCUT2D eigenvalue weighted by atomic mass is 10.1. The summed E-state index contributed by atoms with van der Waals surface area (Å²) in [6, 6.07) is 0. The van der Waals surface area contributed by atoms with Crippen LogP contribution in [0, 0.1) is 0 Å². The van der Waals surface area contributed by atoms with Crippen molar-refractivity contribution in [2.24, 2.45) is 0 Å². The molecule has 0 fully saturated rings. The van der Waals surface area contributed by atoms with Gasteiger partial charge in [0.25, 0.3) is 0 Å². The van der Waals surface area contributed by atoms with Crippen molar-refractivity contribution in [3.8, 4) is 0 Å². The van der Waals surface area contributed by atoms with Gasteiger partial charge in [0.15, 0.2) is 8.87 Å². The van der Waals surface area contributed by atoms with E-state index >= 15 is 0 Å². The molecule has 0 N–H and O–H groups in total. The zero-order valence-corrected chi connectivity index (χ0v) is 10.0. The summed E-state index contributed by atoms with van der Waals surface area (Å²) >= 11 is 0. The van der Waals surface area contributed by atoms with Gasteiger partial charge in [-0.05, 0) is 36.5 Å². The molecule has 0 radical (unpaired) electrons. The van der Waals surface area contributed by atoms with Gasteiger partial charge >= 0.3 is 0 Å². The lowest BCUT2D eigenvalue weighted by Gasteiger charge is -2.01. The molecule has 0 aromatic heterocycles. The molecule has 1 aliphatic carbocycles. The minimum atomic E-state index is -2.83. The molecule has 0 heterocycles. The molecule has 0 unspecified atom stereocenters. The van der Waals surface area contributed by atoms with Crippen molar-refractivity contribution < 1.29 is 8.42 Å². The second kappa shape index (κ2) is 5.61. The van der Waals surface area contributed by atoms with Crippen LogP contribution in [0.25, 0.3) is 0 Å². The highest BCUT2D eigenvalue weighted by molar-refractivity contribution is 8.71. The van der Waals surface area contributed by atoms with Gasteiger partial charge < -0.3 is 0 Å². The molecular formula is C10H16O2S2. The number of rotatable bonds is 6. The first kappa shape index (κ1) is 11.9. The molecule has 2 nitrogen and oxygen atoms in total. The molecule has 0 saturated carbocycles. The molecule has 14 heavy (non-hydrogen) atoms. The summed E-state index contributed by atoms with van der Waals surface area (Å²) in [5.74, 6) is 0.722. The van der Waals surface area contributed by atoms with Gasteiger partial charge in [-0.25, -0.2) is 8.42 Å². The Morgan fingerprint density at radius 3 is 2.79 bits per heavy atom. The van der Waals surface area contributed by atoms with E-state index < -0.39 is 8.87 Å². The average Bonchev–Trinajstić information content (AvgIpc) is 2.54. The Morgan fingerprint density at radius 1 is 1.43 bits per heavy atom. The van der Waals surface area contributed by atoms with E-state index in [1.54, 1.807) is 0 Å². The van der Waals surface area contributed by atoms with E-state index in [4.69, 9.17) is 0 Å². The average molecular weight is 232 g/mol. The number of hydrogen-bond donors (Lipinski definition) is 0. The highest BCUT2D eigenvalue weighted by Gasteiger charge is 2.03. The van der Waals surface area contributed by atoms with Crippen molar-refractivity contribution in [2.75, 3.05) is 12.0 Å². The Bertz CT molecular complexity index is 326. The minimum absolute atomic E-state index is 0.722. The second-order valence-corrected chi connectivity index (χ2v) is 8.02. The third kappa shape index (κ3) is 5.50. The highest BCUT2D eigenvalue weighted by atomic mass is 33.1. The lowest BCUT2D eigenvalue weighted by Crippen LogP contribution is -1.91. The smallest absolute Gasteiger partial charge is 0.198 e. The maximum atomic E-state index is 10.8. The first-order valence-corrected chi connectivity index (χ1v) is 8.16. The van der Waals surface area contributed by atoms with E-state index in [0.29, 0.717) is 0 Å². The number of hydrogen-bond acceptors (Lipinski definition) is 3. The van der Waals surface area contributed by atoms with Crippen molar-refractivity contribution in [3.63, 3.8) is 0 Å². The van der Waals surface area contributed by atoms with Crippen LogP contribution >= 0.6 is 10.8 Å². The Morgan fingerprint density at radius 2 is 2.21 bits per heavy atom. The SMILES string of the molecule is CS(=O)(=O)SCCCCC1=CC=CC1. The lowest BCUT2D eigenvalue weighted by molar-refractivity contribution is 0.615. The molecule has 4 heteroatoms. The van der Waals surface area contributed by atoms with Crippen LogP contribution < -0.4 is 0 Å². The molecular weight excluding hydrogens is 216 g/mol. The van der Waals surface area contributed by atoms with Crippen LogP contribution in [0.3, 0.4) is 0 Å². The summed E-state index contributed by atoms with van der Waals surface area (Å²) in [4.78, 5) is 0. The van der Waals surface area contributed by atoms with Crippen molar-refractivity contribution in [1.29, 1.82) is 0 Å². The van der Waals surface area contributed by atoms with Crippen LogP contribution in [0.1, 0.15) is 25.7 Å². The summed E-state index contributed by atoms with van der Waals surface area (Å²) in [7, 11) is -1.78. The zero-order valence-electron chi connectivity index (χ0n) is 8.40. The third-order valence-corrected chi connectivity index (χ3v) is 4.71. The molecule has 0 spiro atoms. The van der Waals surface area contributed by atoms with Crippen LogP contribution in [0.5, 0.6) is 0 Å². The highest BCUT2D eigenvalue weighted by Crippen LogP contribution is 2.19. The molecule has 80 valence electrons. The van der Waals surface area contributed by atoms with Gasteiger partial charge in [0, 0.05) is 12.0 Å². The number of unbranched alkanes of at least 4 members (excludes halogenated alkanes) is 1. The van der Waals surface area contributed by atoms with Gasteiger partial charge in [0.05, 0.1) is 0 Å². The second-order valence-electron chi connectivity index (χ2n) is 3.44. The first-order chi connectivity index (χ1) is 6.58.